The van der Waals surface area contributed by atoms with Gasteiger partial charge in [0.1, 0.15) is 0 Å². The van der Waals surface area contributed by atoms with Crippen LogP contribution in [-0.2, 0) is 6.42 Å². The molecule has 0 atom stereocenters. The van der Waals surface area contributed by atoms with Gasteiger partial charge in [0.05, 0.1) is 5.69 Å². The van der Waals surface area contributed by atoms with E-state index in [2.05, 4.69) is 21.4 Å². The number of hydrogen-bond acceptors (Lipinski definition) is 3. The molecule has 1 N–H and O–H groups in total. The number of hydrogen-bond donors (Lipinski definition) is 1. The number of fused-ring (bicyclic) bond motifs is 1. The van der Waals surface area contributed by atoms with Crippen LogP contribution in [0.4, 0.5) is 5.95 Å². The fraction of sp³-hybridized carbons (Fsp3) is 0.250. The molecule has 0 amide bonds. The summed E-state index contributed by atoms with van der Waals surface area (Å²) in [5, 5.41) is 2.90. The Morgan fingerprint density at radius 3 is 3.27 bits per heavy atom. The average Bonchev–Trinajstić information content (AvgIpc) is 2.50. The molecule has 56 valence electrons. The van der Waals surface area contributed by atoms with Gasteiger partial charge in [-0.3, -0.25) is 0 Å². The summed E-state index contributed by atoms with van der Waals surface area (Å²) in [6.45, 7) is 0. The quantitative estimate of drug-likeness (QED) is 0.646. The predicted octanol–water partition coefficient (Wildman–Crippen LogP) is 1.09. The van der Waals surface area contributed by atoms with Gasteiger partial charge in [0.2, 0.25) is 5.95 Å². The van der Waals surface area contributed by atoms with E-state index in [-0.39, 0.29) is 0 Å². The lowest BCUT2D eigenvalue weighted by atomic mass is 10.2. The van der Waals surface area contributed by atoms with E-state index in [1.165, 1.54) is 5.56 Å². The molecule has 1 aliphatic carbocycles. The first kappa shape index (κ1) is 6.34. The minimum Gasteiger partial charge on any atom is -0.357 e. The van der Waals surface area contributed by atoms with Crippen LogP contribution >= 0.6 is 0 Å². The van der Waals surface area contributed by atoms with Gasteiger partial charge in [-0.15, -0.1) is 0 Å². The van der Waals surface area contributed by atoms with Crippen molar-refractivity contribution in [3.05, 3.63) is 23.5 Å². The molecule has 0 unspecified atom stereocenters. The van der Waals surface area contributed by atoms with Crippen molar-refractivity contribution in [1.82, 2.24) is 9.97 Å². The van der Waals surface area contributed by atoms with Crippen molar-refractivity contribution in [1.29, 1.82) is 0 Å². The van der Waals surface area contributed by atoms with Crippen LogP contribution in [-0.4, -0.2) is 17.0 Å². The second kappa shape index (κ2) is 2.34. The highest BCUT2D eigenvalue weighted by molar-refractivity contribution is 5.56. The second-order valence-electron chi connectivity index (χ2n) is 2.46. The van der Waals surface area contributed by atoms with Gasteiger partial charge in [0.15, 0.2) is 0 Å². The molecular weight excluding hydrogens is 138 g/mol. The summed E-state index contributed by atoms with van der Waals surface area (Å²) in [4.78, 5) is 8.37. The molecule has 1 aromatic rings. The summed E-state index contributed by atoms with van der Waals surface area (Å²) in [7, 11) is 1.82. The van der Waals surface area contributed by atoms with Crippen LogP contribution in [0.3, 0.4) is 0 Å². The van der Waals surface area contributed by atoms with E-state index >= 15 is 0 Å². The van der Waals surface area contributed by atoms with Crippen LogP contribution in [0.2, 0.25) is 0 Å². The monoisotopic (exact) mass is 147 g/mol. The minimum atomic E-state index is 0.690. The van der Waals surface area contributed by atoms with Crippen LogP contribution in [0, 0.1) is 0 Å². The van der Waals surface area contributed by atoms with E-state index in [4.69, 9.17) is 0 Å². The standard InChI is InChI=1S/C8H9N3/c1-9-8-10-5-6-3-2-4-7(6)11-8/h2,4-5H,3H2,1H3,(H,9,10,11). The van der Waals surface area contributed by atoms with E-state index in [1.54, 1.807) is 0 Å². The highest BCUT2D eigenvalue weighted by Gasteiger charge is 2.06. The van der Waals surface area contributed by atoms with Crippen LogP contribution in [0.25, 0.3) is 6.08 Å². The molecule has 0 saturated carbocycles. The zero-order chi connectivity index (χ0) is 7.68. The van der Waals surface area contributed by atoms with E-state index < -0.39 is 0 Å². The fourth-order valence-corrected chi connectivity index (χ4v) is 1.14. The first-order valence-electron chi connectivity index (χ1n) is 3.60. The Morgan fingerprint density at radius 2 is 2.45 bits per heavy atom. The number of allylic oxidation sites excluding steroid dienone is 1. The van der Waals surface area contributed by atoms with E-state index in [9.17, 15) is 0 Å². The van der Waals surface area contributed by atoms with E-state index in [0.29, 0.717) is 5.95 Å². The molecule has 11 heavy (non-hydrogen) atoms. The molecule has 0 aromatic carbocycles. The number of anilines is 1. The van der Waals surface area contributed by atoms with Gasteiger partial charge in [-0.05, 0) is 12.5 Å². The lowest BCUT2D eigenvalue weighted by Crippen LogP contribution is -1.98. The molecule has 1 heterocycles. The third kappa shape index (κ3) is 0.981. The van der Waals surface area contributed by atoms with Gasteiger partial charge in [-0.2, -0.15) is 0 Å². The van der Waals surface area contributed by atoms with Gasteiger partial charge < -0.3 is 5.32 Å². The molecule has 3 nitrogen and oxygen atoms in total. The van der Waals surface area contributed by atoms with Gasteiger partial charge in [-0.25, -0.2) is 9.97 Å². The summed E-state index contributed by atoms with van der Waals surface area (Å²) in [5.74, 6) is 0.690. The number of nitrogens with one attached hydrogen (secondary N) is 1. The van der Waals surface area contributed by atoms with E-state index in [1.807, 2.05) is 19.3 Å². The zero-order valence-electron chi connectivity index (χ0n) is 6.33. The first-order chi connectivity index (χ1) is 5.40. The Bertz CT molecular complexity index is 304. The Morgan fingerprint density at radius 1 is 1.55 bits per heavy atom. The van der Waals surface area contributed by atoms with Crippen molar-refractivity contribution in [3.8, 4) is 0 Å². The smallest absolute Gasteiger partial charge is 0.222 e. The maximum atomic E-state index is 4.26. The Kier molecular flexibility index (Phi) is 1.35. The van der Waals surface area contributed by atoms with Crippen molar-refractivity contribution < 1.29 is 0 Å². The molecule has 0 bridgehead atoms. The number of aromatic nitrogens is 2. The SMILES string of the molecule is CNc1ncc2c(n1)C=CC2. The van der Waals surface area contributed by atoms with Gasteiger partial charge in [-0.1, -0.05) is 6.08 Å². The molecular formula is C8H9N3. The molecule has 0 spiro atoms. The van der Waals surface area contributed by atoms with Gasteiger partial charge in [0.25, 0.3) is 0 Å². The average molecular weight is 147 g/mol. The molecule has 0 aliphatic heterocycles. The van der Waals surface area contributed by atoms with Crippen LogP contribution in [0.5, 0.6) is 0 Å². The normalized spacial score (nSPS) is 13.2. The molecule has 0 radical (unpaired) electrons. The molecule has 1 aliphatic rings. The molecule has 3 heteroatoms. The fourth-order valence-electron chi connectivity index (χ4n) is 1.14. The highest BCUT2D eigenvalue weighted by atomic mass is 15.1. The topological polar surface area (TPSA) is 37.8 Å². The summed E-state index contributed by atoms with van der Waals surface area (Å²) in [6.07, 6.45) is 6.96. The van der Waals surface area contributed by atoms with Crippen molar-refractivity contribution in [2.45, 2.75) is 6.42 Å². The third-order valence-electron chi connectivity index (χ3n) is 1.74. The highest BCUT2D eigenvalue weighted by Crippen LogP contribution is 2.16. The van der Waals surface area contributed by atoms with Crippen molar-refractivity contribution in [3.63, 3.8) is 0 Å². The Hall–Kier alpha value is -1.38. The summed E-state index contributed by atoms with van der Waals surface area (Å²) < 4.78 is 0. The lowest BCUT2D eigenvalue weighted by molar-refractivity contribution is 1.09. The summed E-state index contributed by atoms with van der Waals surface area (Å²) in [5.41, 5.74) is 2.26. The van der Waals surface area contributed by atoms with Crippen LogP contribution < -0.4 is 5.32 Å². The van der Waals surface area contributed by atoms with Gasteiger partial charge >= 0.3 is 0 Å². The van der Waals surface area contributed by atoms with E-state index in [0.717, 1.165) is 12.1 Å². The third-order valence-corrected chi connectivity index (χ3v) is 1.74. The molecule has 2 rings (SSSR count). The first-order valence-corrected chi connectivity index (χ1v) is 3.60. The molecule has 0 saturated heterocycles. The maximum absolute atomic E-state index is 4.26. The number of nitrogens with zero attached hydrogens (tertiary/aromatic N) is 2. The minimum absolute atomic E-state index is 0.690. The lowest BCUT2D eigenvalue weighted by Gasteiger charge is -1.99. The van der Waals surface area contributed by atoms with Crippen molar-refractivity contribution >= 4 is 12.0 Å². The molecule has 1 aromatic heterocycles. The predicted molar refractivity (Wildman–Crippen MR) is 44.3 cm³/mol. The Labute approximate surface area is 65.2 Å². The second-order valence-corrected chi connectivity index (χ2v) is 2.46. The van der Waals surface area contributed by atoms with Gasteiger partial charge in [0, 0.05) is 18.8 Å². The number of rotatable bonds is 1. The van der Waals surface area contributed by atoms with Crippen molar-refractivity contribution in [2.24, 2.45) is 0 Å². The van der Waals surface area contributed by atoms with Crippen molar-refractivity contribution in [2.75, 3.05) is 12.4 Å². The zero-order valence-corrected chi connectivity index (χ0v) is 6.33. The molecule has 0 fully saturated rings. The summed E-state index contributed by atoms with van der Waals surface area (Å²) >= 11 is 0. The summed E-state index contributed by atoms with van der Waals surface area (Å²) in [6, 6.07) is 0. The Balaban J connectivity index is 2.47. The van der Waals surface area contributed by atoms with Crippen LogP contribution in [0.15, 0.2) is 12.3 Å². The largest absolute Gasteiger partial charge is 0.357 e. The maximum Gasteiger partial charge on any atom is 0.222 e. The van der Waals surface area contributed by atoms with Crippen LogP contribution in [0.1, 0.15) is 11.3 Å².